The van der Waals surface area contributed by atoms with Crippen molar-refractivity contribution in [3.63, 3.8) is 0 Å². The number of carbonyl (C=O) groups is 1. The predicted octanol–water partition coefficient (Wildman–Crippen LogP) is 1.63. The van der Waals surface area contributed by atoms with Crippen LogP contribution in [0.3, 0.4) is 0 Å². The zero-order chi connectivity index (χ0) is 16.4. The summed E-state index contributed by atoms with van der Waals surface area (Å²) in [4.78, 5) is 16.6. The molecule has 6 nitrogen and oxygen atoms in total. The third kappa shape index (κ3) is 3.70. The number of aliphatic hydroxyl groups excluding tert-OH is 1. The van der Waals surface area contributed by atoms with Gasteiger partial charge in [-0.2, -0.15) is 0 Å². The number of hydrogen-bond acceptors (Lipinski definition) is 5. The number of rotatable bonds is 4. The summed E-state index contributed by atoms with van der Waals surface area (Å²) in [5, 5.41) is 14.1. The van der Waals surface area contributed by atoms with Crippen LogP contribution in [0.1, 0.15) is 36.9 Å². The molecule has 1 aromatic heterocycles. The van der Waals surface area contributed by atoms with Gasteiger partial charge in [0.15, 0.2) is 0 Å². The summed E-state index contributed by atoms with van der Waals surface area (Å²) in [7, 11) is 0. The van der Waals surface area contributed by atoms with Crippen molar-refractivity contribution in [2.45, 2.75) is 51.2 Å². The second-order valence-corrected chi connectivity index (χ2v) is 6.85. The summed E-state index contributed by atoms with van der Waals surface area (Å²) in [6.07, 6.45) is 3.87. The van der Waals surface area contributed by atoms with Crippen molar-refractivity contribution < 1.29 is 14.4 Å². The van der Waals surface area contributed by atoms with Gasteiger partial charge in [-0.3, -0.25) is 9.69 Å². The smallest absolute Gasteiger partial charge is 0.229 e. The van der Waals surface area contributed by atoms with Gasteiger partial charge in [0, 0.05) is 44.2 Å². The number of aryl methyl sites for hydroxylation is 1. The van der Waals surface area contributed by atoms with Crippen LogP contribution in [0.15, 0.2) is 4.52 Å². The molecule has 1 saturated carbocycles. The van der Waals surface area contributed by atoms with Crippen molar-refractivity contribution in [2.75, 3.05) is 26.2 Å². The van der Waals surface area contributed by atoms with Crippen molar-refractivity contribution in [3.8, 4) is 0 Å². The molecule has 128 valence electrons. The SMILES string of the molecule is Cc1noc(Cl)c1CCC(=O)N1CCN([C@H]2CCC[C@H]2O)CC1. The van der Waals surface area contributed by atoms with Crippen LogP contribution in [0.2, 0.25) is 5.22 Å². The minimum Gasteiger partial charge on any atom is -0.391 e. The molecule has 1 saturated heterocycles. The number of aromatic nitrogens is 1. The van der Waals surface area contributed by atoms with Crippen molar-refractivity contribution in [1.82, 2.24) is 15.0 Å². The first-order valence-corrected chi connectivity index (χ1v) is 8.74. The lowest BCUT2D eigenvalue weighted by Crippen LogP contribution is -2.53. The van der Waals surface area contributed by atoms with Crippen LogP contribution < -0.4 is 0 Å². The summed E-state index contributed by atoms with van der Waals surface area (Å²) in [6.45, 7) is 5.00. The summed E-state index contributed by atoms with van der Waals surface area (Å²) in [6, 6.07) is 0.283. The number of amides is 1. The van der Waals surface area contributed by atoms with E-state index in [1.165, 1.54) is 0 Å². The lowest BCUT2D eigenvalue weighted by atomic mass is 10.1. The third-order valence-corrected chi connectivity index (χ3v) is 5.40. The van der Waals surface area contributed by atoms with Gasteiger partial charge >= 0.3 is 0 Å². The van der Waals surface area contributed by atoms with E-state index in [9.17, 15) is 9.90 Å². The Labute approximate surface area is 141 Å². The normalized spacial score (nSPS) is 26.0. The molecule has 2 fully saturated rings. The van der Waals surface area contributed by atoms with Crippen molar-refractivity contribution in [2.24, 2.45) is 0 Å². The highest BCUT2D eigenvalue weighted by molar-refractivity contribution is 6.29. The van der Waals surface area contributed by atoms with Gasteiger partial charge in [0.25, 0.3) is 0 Å². The number of piperazine rings is 1. The zero-order valence-electron chi connectivity index (χ0n) is 13.5. The Kier molecular flexibility index (Phi) is 5.24. The van der Waals surface area contributed by atoms with E-state index in [0.29, 0.717) is 12.8 Å². The van der Waals surface area contributed by atoms with Crippen LogP contribution >= 0.6 is 11.6 Å². The molecule has 2 heterocycles. The van der Waals surface area contributed by atoms with E-state index in [4.69, 9.17) is 16.1 Å². The van der Waals surface area contributed by atoms with Crippen LogP contribution in [0.5, 0.6) is 0 Å². The monoisotopic (exact) mass is 341 g/mol. The average molecular weight is 342 g/mol. The van der Waals surface area contributed by atoms with Gasteiger partial charge < -0.3 is 14.5 Å². The minimum atomic E-state index is -0.198. The number of aliphatic hydroxyl groups is 1. The van der Waals surface area contributed by atoms with Crippen molar-refractivity contribution in [3.05, 3.63) is 16.5 Å². The van der Waals surface area contributed by atoms with Crippen molar-refractivity contribution >= 4 is 17.5 Å². The van der Waals surface area contributed by atoms with Gasteiger partial charge in [0.1, 0.15) is 0 Å². The van der Waals surface area contributed by atoms with Crippen LogP contribution in [0.4, 0.5) is 0 Å². The van der Waals surface area contributed by atoms with E-state index < -0.39 is 0 Å². The van der Waals surface area contributed by atoms with Crippen molar-refractivity contribution in [1.29, 1.82) is 0 Å². The third-order valence-electron chi connectivity index (χ3n) is 5.11. The molecule has 1 aromatic rings. The number of nitrogens with zero attached hydrogens (tertiary/aromatic N) is 3. The Balaban J connectivity index is 1.47. The topological polar surface area (TPSA) is 69.8 Å². The van der Waals surface area contributed by atoms with Gasteiger partial charge in [-0.1, -0.05) is 5.16 Å². The highest BCUT2D eigenvalue weighted by atomic mass is 35.5. The average Bonchev–Trinajstić information content (AvgIpc) is 3.11. The molecule has 1 aliphatic heterocycles. The first-order valence-electron chi connectivity index (χ1n) is 8.37. The lowest BCUT2D eigenvalue weighted by molar-refractivity contribution is -0.133. The molecule has 0 unspecified atom stereocenters. The van der Waals surface area contributed by atoms with Crippen LogP contribution in [-0.2, 0) is 11.2 Å². The second-order valence-electron chi connectivity index (χ2n) is 6.50. The highest BCUT2D eigenvalue weighted by Gasteiger charge is 2.33. The standard InChI is InChI=1S/C16H24ClN3O3/c1-11-12(16(17)23-18-11)5-6-15(22)20-9-7-19(8-10-20)13-3-2-4-14(13)21/h13-14,21H,2-10H2,1H3/t13-,14+/m0/s1. The number of carbonyl (C=O) groups excluding carboxylic acids is 1. The van der Waals surface area contributed by atoms with Gasteiger partial charge in [0.2, 0.25) is 11.1 Å². The summed E-state index contributed by atoms with van der Waals surface area (Å²) in [5.41, 5.74) is 1.58. The van der Waals surface area contributed by atoms with Crippen LogP contribution in [0.25, 0.3) is 0 Å². The van der Waals surface area contributed by atoms with E-state index in [0.717, 1.165) is 56.7 Å². The number of halogens is 1. The summed E-state index contributed by atoms with van der Waals surface area (Å²) >= 11 is 5.94. The molecule has 1 amide bonds. The van der Waals surface area contributed by atoms with Gasteiger partial charge in [-0.05, 0) is 44.2 Å². The molecule has 0 spiro atoms. The zero-order valence-corrected chi connectivity index (χ0v) is 14.3. The maximum Gasteiger partial charge on any atom is 0.229 e. The Morgan fingerprint density at radius 1 is 1.35 bits per heavy atom. The molecule has 2 aliphatic rings. The molecule has 1 N–H and O–H groups in total. The lowest BCUT2D eigenvalue weighted by Gasteiger charge is -2.39. The largest absolute Gasteiger partial charge is 0.391 e. The Morgan fingerprint density at radius 2 is 2.09 bits per heavy atom. The Bertz CT molecular complexity index is 535. The van der Waals surface area contributed by atoms with E-state index in [2.05, 4.69) is 10.1 Å². The second kappa shape index (κ2) is 7.20. The Hall–Kier alpha value is -1.11. The fourth-order valence-corrected chi connectivity index (χ4v) is 3.95. The fraction of sp³-hybridized carbons (Fsp3) is 0.750. The molecule has 7 heteroatoms. The van der Waals surface area contributed by atoms with E-state index in [1.807, 2.05) is 11.8 Å². The first-order chi connectivity index (χ1) is 11.1. The fourth-order valence-electron chi connectivity index (χ4n) is 3.68. The molecule has 23 heavy (non-hydrogen) atoms. The first kappa shape index (κ1) is 16.7. The maximum atomic E-state index is 12.4. The predicted molar refractivity (Wildman–Crippen MR) is 86.4 cm³/mol. The molecule has 0 bridgehead atoms. The van der Waals surface area contributed by atoms with Gasteiger partial charge in [-0.15, -0.1) is 0 Å². The van der Waals surface area contributed by atoms with Gasteiger partial charge in [-0.25, -0.2) is 0 Å². The molecule has 0 aromatic carbocycles. The quantitative estimate of drug-likeness (QED) is 0.901. The summed E-state index contributed by atoms with van der Waals surface area (Å²) < 4.78 is 4.91. The van der Waals surface area contributed by atoms with E-state index >= 15 is 0 Å². The highest BCUT2D eigenvalue weighted by Crippen LogP contribution is 2.25. The molecular weight excluding hydrogens is 318 g/mol. The molecular formula is C16H24ClN3O3. The molecule has 1 aliphatic carbocycles. The summed E-state index contributed by atoms with van der Waals surface area (Å²) in [5.74, 6) is 0.147. The van der Waals surface area contributed by atoms with E-state index in [-0.39, 0.29) is 23.3 Å². The molecule has 3 rings (SSSR count). The molecule has 2 atom stereocenters. The Morgan fingerprint density at radius 3 is 2.65 bits per heavy atom. The van der Waals surface area contributed by atoms with Crippen LogP contribution in [0, 0.1) is 6.92 Å². The van der Waals surface area contributed by atoms with E-state index in [1.54, 1.807) is 0 Å². The minimum absolute atomic E-state index is 0.147. The maximum absolute atomic E-state index is 12.4. The van der Waals surface area contributed by atoms with Gasteiger partial charge in [0.05, 0.1) is 11.8 Å². The van der Waals surface area contributed by atoms with Crippen LogP contribution in [-0.4, -0.2) is 64.3 Å². The number of hydrogen-bond donors (Lipinski definition) is 1. The molecule has 0 radical (unpaired) electrons.